The lowest BCUT2D eigenvalue weighted by molar-refractivity contribution is -0.112. The van der Waals surface area contributed by atoms with Gasteiger partial charge in [0.2, 0.25) is 0 Å². The first kappa shape index (κ1) is 8.47. The highest BCUT2D eigenvalue weighted by atomic mass is 16.6. The van der Waals surface area contributed by atoms with Gasteiger partial charge in [0.15, 0.2) is 5.78 Å². The Morgan fingerprint density at radius 1 is 1.55 bits per heavy atom. The van der Waals surface area contributed by atoms with Crippen LogP contribution in [0.15, 0.2) is 12.2 Å². The maximum Gasteiger partial charge on any atom is 0.152 e. The Kier molecular flexibility index (Phi) is 2.83. The lowest BCUT2D eigenvalue weighted by Gasteiger charge is -1.83. The van der Waals surface area contributed by atoms with Crippen molar-refractivity contribution in [3.8, 4) is 0 Å². The molecule has 1 aliphatic rings. The molecule has 0 saturated carbocycles. The number of hydrogen-bond acceptors (Lipinski definition) is 2. The second-order valence-corrected chi connectivity index (χ2v) is 2.87. The molecule has 62 valence electrons. The van der Waals surface area contributed by atoms with Gasteiger partial charge in [-0.25, -0.2) is 0 Å². The highest BCUT2D eigenvalue weighted by Crippen LogP contribution is 2.27. The average molecular weight is 154 g/mol. The largest absolute Gasteiger partial charge is 0.369 e. The minimum atomic E-state index is 0.110. The van der Waals surface area contributed by atoms with Crippen LogP contribution in [0.2, 0.25) is 0 Å². The van der Waals surface area contributed by atoms with Crippen LogP contribution in [0.4, 0.5) is 0 Å². The lowest BCUT2D eigenvalue weighted by Crippen LogP contribution is -1.90. The molecular formula is C9H14O2. The molecule has 1 rings (SSSR count). The summed E-state index contributed by atoms with van der Waals surface area (Å²) in [6.07, 6.45) is 6.30. The van der Waals surface area contributed by atoms with Crippen molar-refractivity contribution in [2.24, 2.45) is 0 Å². The van der Waals surface area contributed by atoms with Crippen LogP contribution in [0.1, 0.15) is 26.7 Å². The normalized spacial score (nSPS) is 29.3. The summed E-state index contributed by atoms with van der Waals surface area (Å²) in [5, 5.41) is 0. The third-order valence-electron chi connectivity index (χ3n) is 1.81. The number of allylic oxidation sites excluding steroid dienone is 1. The number of ketones is 1. The number of hydrogen-bond donors (Lipinski definition) is 0. The second-order valence-electron chi connectivity index (χ2n) is 2.87. The van der Waals surface area contributed by atoms with E-state index < -0.39 is 0 Å². The predicted octanol–water partition coefficient (Wildman–Crippen LogP) is 1.70. The maximum absolute atomic E-state index is 10.5. The highest BCUT2D eigenvalue weighted by Gasteiger charge is 2.35. The van der Waals surface area contributed by atoms with Gasteiger partial charge in [0, 0.05) is 0 Å². The van der Waals surface area contributed by atoms with Crippen molar-refractivity contribution in [2.75, 3.05) is 0 Å². The van der Waals surface area contributed by atoms with E-state index in [9.17, 15) is 4.79 Å². The molecule has 0 aromatic rings. The van der Waals surface area contributed by atoms with Crippen molar-refractivity contribution in [1.29, 1.82) is 0 Å². The summed E-state index contributed by atoms with van der Waals surface area (Å²) in [6, 6.07) is 0. The Balaban J connectivity index is 2.10. The van der Waals surface area contributed by atoms with Gasteiger partial charge >= 0.3 is 0 Å². The zero-order chi connectivity index (χ0) is 8.27. The van der Waals surface area contributed by atoms with Gasteiger partial charge in [0.05, 0.1) is 12.2 Å². The quantitative estimate of drug-likeness (QED) is 0.455. The monoisotopic (exact) mass is 154 g/mol. The molecule has 0 bridgehead atoms. The molecule has 0 radical (unpaired) electrons. The first-order chi connectivity index (χ1) is 5.24. The summed E-state index contributed by atoms with van der Waals surface area (Å²) in [6.45, 7) is 3.67. The molecule has 0 N–H and O–H groups in total. The molecule has 0 aliphatic carbocycles. The molecule has 11 heavy (non-hydrogen) atoms. The van der Waals surface area contributed by atoms with Crippen LogP contribution in [0, 0.1) is 0 Å². The van der Waals surface area contributed by atoms with Crippen molar-refractivity contribution in [1.82, 2.24) is 0 Å². The zero-order valence-electron chi connectivity index (χ0n) is 7.04. The number of carbonyl (C=O) groups excluding carboxylic acids is 1. The molecule has 1 saturated heterocycles. The van der Waals surface area contributed by atoms with E-state index in [4.69, 9.17) is 4.74 Å². The fourth-order valence-electron chi connectivity index (χ4n) is 1.11. The molecule has 2 atom stereocenters. The molecule has 0 aromatic carbocycles. The minimum absolute atomic E-state index is 0.110. The summed E-state index contributed by atoms with van der Waals surface area (Å²) in [5.41, 5.74) is 0. The van der Waals surface area contributed by atoms with E-state index in [2.05, 4.69) is 6.92 Å². The molecule has 0 spiro atoms. The van der Waals surface area contributed by atoms with E-state index in [1.165, 1.54) is 0 Å². The molecule has 0 aromatic heterocycles. The molecule has 1 fully saturated rings. The topological polar surface area (TPSA) is 29.6 Å². The number of rotatable bonds is 4. The van der Waals surface area contributed by atoms with Gasteiger partial charge in [-0.3, -0.25) is 4.79 Å². The smallest absolute Gasteiger partial charge is 0.152 e. The SMILES string of the molecule is CC[C@@H]1O[C@H]1C/C=C\C(C)=O. The van der Waals surface area contributed by atoms with E-state index >= 15 is 0 Å². The fraction of sp³-hybridized carbons (Fsp3) is 0.667. The molecule has 1 heterocycles. The van der Waals surface area contributed by atoms with Gasteiger partial charge in [-0.15, -0.1) is 0 Å². The van der Waals surface area contributed by atoms with Crippen molar-refractivity contribution in [3.63, 3.8) is 0 Å². The van der Waals surface area contributed by atoms with Crippen molar-refractivity contribution < 1.29 is 9.53 Å². The van der Waals surface area contributed by atoms with Crippen LogP contribution >= 0.6 is 0 Å². The average Bonchev–Trinajstić information content (AvgIpc) is 2.66. The van der Waals surface area contributed by atoms with Crippen LogP contribution < -0.4 is 0 Å². The number of ether oxygens (including phenoxy) is 1. The van der Waals surface area contributed by atoms with Gasteiger partial charge in [0.25, 0.3) is 0 Å². The van der Waals surface area contributed by atoms with Crippen LogP contribution in [0.3, 0.4) is 0 Å². The van der Waals surface area contributed by atoms with Gasteiger partial charge in [0.1, 0.15) is 0 Å². The predicted molar refractivity (Wildman–Crippen MR) is 43.4 cm³/mol. The standard InChI is InChI=1S/C9H14O2/c1-3-8-9(11-8)6-4-5-7(2)10/h4-5,8-9H,3,6H2,1-2H3/b5-4-/t8-,9-/m0/s1. The van der Waals surface area contributed by atoms with Gasteiger partial charge in [-0.05, 0) is 25.8 Å². The molecule has 2 heteroatoms. The Morgan fingerprint density at radius 2 is 2.27 bits per heavy atom. The first-order valence-electron chi connectivity index (χ1n) is 4.06. The second kappa shape index (κ2) is 3.67. The van der Waals surface area contributed by atoms with Gasteiger partial charge < -0.3 is 4.74 Å². The summed E-state index contributed by atoms with van der Waals surface area (Å²) >= 11 is 0. The van der Waals surface area contributed by atoms with Crippen LogP contribution in [0.25, 0.3) is 0 Å². The summed E-state index contributed by atoms with van der Waals surface area (Å²) in [7, 11) is 0. The molecule has 1 aliphatic heterocycles. The maximum atomic E-state index is 10.5. The molecule has 2 nitrogen and oxygen atoms in total. The summed E-state index contributed by atoms with van der Waals surface area (Å²) in [4.78, 5) is 10.5. The Bertz CT molecular complexity index is 172. The van der Waals surface area contributed by atoms with Gasteiger partial charge in [-0.1, -0.05) is 13.0 Å². The van der Waals surface area contributed by atoms with Crippen molar-refractivity contribution >= 4 is 5.78 Å². The van der Waals surface area contributed by atoms with E-state index in [1.807, 2.05) is 6.08 Å². The first-order valence-corrected chi connectivity index (χ1v) is 4.06. The van der Waals surface area contributed by atoms with Crippen LogP contribution in [0.5, 0.6) is 0 Å². The van der Waals surface area contributed by atoms with E-state index in [0.29, 0.717) is 12.2 Å². The lowest BCUT2D eigenvalue weighted by atomic mass is 10.2. The fourth-order valence-corrected chi connectivity index (χ4v) is 1.11. The van der Waals surface area contributed by atoms with Gasteiger partial charge in [-0.2, -0.15) is 0 Å². The molecule has 0 amide bonds. The third-order valence-corrected chi connectivity index (χ3v) is 1.81. The molecule has 0 unspecified atom stereocenters. The van der Waals surface area contributed by atoms with Crippen LogP contribution in [-0.4, -0.2) is 18.0 Å². The Hall–Kier alpha value is -0.630. The highest BCUT2D eigenvalue weighted by molar-refractivity contribution is 5.87. The number of epoxide rings is 1. The minimum Gasteiger partial charge on any atom is -0.369 e. The summed E-state index contributed by atoms with van der Waals surface area (Å²) in [5.74, 6) is 0.110. The Labute approximate surface area is 67.2 Å². The van der Waals surface area contributed by atoms with E-state index in [-0.39, 0.29) is 5.78 Å². The van der Waals surface area contributed by atoms with Crippen LogP contribution in [-0.2, 0) is 9.53 Å². The number of carbonyl (C=O) groups is 1. The molecular weight excluding hydrogens is 140 g/mol. The van der Waals surface area contributed by atoms with Crippen molar-refractivity contribution in [3.05, 3.63) is 12.2 Å². The summed E-state index contributed by atoms with van der Waals surface area (Å²) < 4.78 is 5.29. The third kappa shape index (κ3) is 2.85. The Morgan fingerprint density at radius 3 is 2.73 bits per heavy atom. The van der Waals surface area contributed by atoms with E-state index in [1.54, 1.807) is 13.0 Å². The zero-order valence-corrected chi connectivity index (χ0v) is 7.04. The van der Waals surface area contributed by atoms with Crippen molar-refractivity contribution in [2.45, 2.75) is 38.9 Å². The van der Waals surface area contributed by atoms with E-state index in [0.717, 1.165) is 12.8 Å².